The highest BCUT2D eigenvalue weighted by molar-refractivity contribution is 5.85. The Balaban J connectivity index is 2.43. The number of nitrogens with one attached hydrogen (secondary N) is 1. The van der Waals surface area contributed by atoms with Crippen molar-refractivity contribution in [3.63, 3.8) is 0 Å². The first-order valence-electron chi connectivity index (χ1n) is 7.25. The standard InChI is InChI=1S/C14H27N3O3/c1-16(2)14(19)11-17(8-9-20-3)13(18)10-15-12-6-4-5-7-12/h12,15H,4-11H2,1-3H3. The molecule has 0 saturated heterocycles. The van der Waals surface area contributed by atoms with Gasteiger partial charge in [0.25, 0.3) is 0 Å². The minimum Gasteiger partial charge on any atom is -0.383 e. The Labute approximate surface area is 121 Å². The molecule has 0 aromatic heterocycles. The van der Waals surface area contributed by atoms with Crippen molar-refractivity contribution in [3.8, 4) is 0 Å². The summed E-state index contributed by atoms with van der Waals surface area (Å²) in [4.78, 5) is 27.0. The second-order valence-electron chi connectivity index (χ2n) is 5.46. The summed E-state index contributed by atoms with van der Waals surface area (Å²) in [5.74, 6) is -0.112. The van der Waals surface area contributed by atoms with E-state index in [-0.39, 0.29) is 18.4 Å². The number of hydrogen-bond donors (Lipinski definition) is 1. The maximum absolute atomic E-state index is 12.2. The van der Waals surface area contributed by atoms with Crippen LogP contribution in [0.5, 0.6) is 0 Å². The van der Waals surface area contributed by atoms with Gasteiger partial charge in [0.1, 0.15) is 0 Å². The molecule has 1 aliphatic carbocycles. The van der Waals surface area contributed by atoms with Gasteiger partial charge in [0.2, 0.25) is 11.8 Å². The van der Waals surface area contributed by atoms with Gasteiger partial charge in [-0.2, -0.15) is 0 Å². The summed E-state index contributed by atoms with van der Waals surface area (Å²) in [6.45, 7) is 1.30. The maximum Gasteiger partial charge on any atom is 0.241 e. The Kier molecular flexibility index (Phi) is 7.54. The molecule has 0 bridgehead atoms. The van der Waals surface area contributed by atoms with E-state index in [1.807, 2.05) is 0 Å². The van der Waals surface area contributed by atoms with Crippen molar-refractivity contribution in [1.29, 1.82) is 0 Å². The number of ether oxygens (including phenoxy) is 1. The topological polar surface area (TPSA) is 61.9 Å². The fraction of sp³-hybridized carbons (Fsp3) is 0.857. The minimum atomic E-state index is -0.0738. The first kappa shape index (κ1) is 16.9. The van der Waals surface area contributed by atoms with Crippen molar-refractivity contribution in [3.05, 3.63) is 0 Å². The number of likely N-dealkylation sites (N-methyl/N-ethyl adjacent to an activating group) is 1. The van der Waals surface area contributed by atoms with E-state index in [1.54, 1.807) is 26.1 Å². The van der Waals surface area contributed by atoms with Crippen LogP contribution in [0.4, 0.5) is 0 Å². The molecule has 0 aromatic carbocycles. The van der Waals surface area contributed by atoms with Crippen LogP contribution in [0.3, 0.4) is 0 Å². The van der Waals surface area contributed by atoms with Crippen LogP contribution in [0.1, 0.15) is 25.7 Å². The smallest absolute Gasteiger partial charge is 0.241 e. The zero-order chi connectivity index (χ0) is 15.0. The number of rotatable bonds is 8. The van der Waals surface area contributed by atoms with Crippen molar-refractivity contribution < 1.29 is 14.3 Å². The van der Waals surface area contributed by atoms with Crippen molar-refractivity contribution in [2.45, 2.75) is 31.7 Å². The molecular weight excluding hydrogens is 258 g/mol. The second kappa shape index (κ2) is 8.92. The average molecular weight is 285 g/mol. The van der Waals surface area contributed by atoms with E-state index in [4.69, 9.17) is 4.74 Å². The number of amides is 2. The Morgan fingerprint density at radius 1 is 1.20 bits per heavy atom. The third-order valence-corrected chi connectivity index (χ3v) is 3.64. The Morgan fingerprint density at radius 3 is 2.40 bits per heavy atom. The molecule has 1 fully saturated rings. The van der Waals surface area contributed by atoms with Crippen LogP contribution in [-0.4, -0.2) is 75.1 Å². The van der Waals surface area contributed by atoms with Crippen molar-refractivity contribution in [2.75, 3.05) is 47.4 Å². The second-order valence-corrected chi connectivity index (χ2v) is 5.46. The van der Waals surface area contributed by atoms with Crippen molar-refractivity contribution in [2.24, 2.45) is 0 Å². The maximum atomic E-state index is 12.2. The molecule has 1 saturated carbocycles. The quantitative estimate of drug-likeness (QED) is 0.686. The van der Waals surface area contributed by atoms with Crippen molar-refractivity contribution in [1.82, 2.24) is 15.1 Å². The lowest BCUT2D eigenvalue weighted by Gasteiger charge is -2.24. The number of nitrogens with zero attached hydrogens (tertiary/aromatic N) is 2. The first-order valence-corrected chi connectivity index (χ1v) is 7.25. The normalized spacial score (nSPS) is 15.3. The first-order chi connectivity index (χ1) is 9.54. The van der Waals surface area contributed by atoms with Gasteiger partial charge in [-0.1, -0.05) is 12.8 Å². The summed E-state index contributed by atoms with van der Waals surface area (Å²) in [7, 11) is 4.98. The molecule has 0 aromatic rings. The van der Waals surface area contributed by atoms with E-state index in [2.05, 4.69) is 5.32 Å². The Bertz CT molecular complexity index is 315. The average Bonchev–Trinajstić information content (AvgIpc) is 2.93. The predicted octanol–water partition coefficient (Wildman–Crippen LogP) is 0.0818. The lowest BCUT2D eigenvalue weighted by atomic mass is 10.2. The van der Waals surface area contributed by atoms with Crippen LogP contribution >= 0.6 is 0 Å². The van der Waals surface area contributed by atoms with Crippen LogP contribution in [-0.2, 0) is 14.3 Å². The van der Waals surface area contributed by atoms with Crippen LogP contribution in [0.15, 0.2) is 0 Å². The summed E-state index contributed by atoms with van der Waals surface area (Å²) >= 11 is 0. The number of hydrogen-bond acceptors (Lipinski definition) is 4. The van der Waals surface area contributed by atoms with Crippen molar-refractivity contribution >= 4 is 11.8 Å². The molecule has 116 valence electrons. The molecule has 0 atom stereocenters. The zero-order valence-corrected chi connectivity index (χ0v) is 12.9. The van der Waals surface area contributed by atoms with Crippen LogP contribution in [0.2, 0.25) is 0 Å². The van der Waals surface area contributed by atoms with Crippen LogP contribution in [0.25, 0.3) is 0 Å². The van der Waals surface area contributed by atoms with Crippen LogP contribution < -0.4 is 5.32 Å². The molecule has 1 N–H and O–H groups in total. The predicted molar refractivity (Wildman–Crippen MR) is 77.4 cm³/mol. The molecule has 6 nitrogen and oxygen atoms in total. The number of carbonyl (C=O) groups is 2. The molecular formula is C14H27N3O3. The highest BCUT2D eigenvalue weighted by Crippen LogP contribution is 2.17. The Morgan fingerprint density at radius 2 is 1.85 bits per heavy atom. The summed E-state index contributed by atoms with van der Waals surface area (Å²) in [5, 5.41) is 3.28. The van der Waals surface area contributed by atoms with Gasteiger partial charge in [-0.05, 0) is 12.8 Å². The Hall–Kier alpha value is -1.14. The van der Waals surface area contributed by atoms with E-state index >= 15 is 0 Å². The SMILES string of the molecule is COCCN(CC(=O)N(C)C)C(=O)CNC1CCCC1. The molecule has 0 spiro atoms. The van der Waals surface area contributed by atoms with Gasteiger partial charge < -0.3 is 19.9 Å². The molecule has 0 heterocycles. The van der Waals surface area contributed by atoms with E-state index in [9.17, 15) is 9.59 Å². The fourth-order valence-corrected chi connectivity index (χ4v) is 2.27. The minimum absolute atomic E-state index is 0.0378. The summed E-state index contributed by atoms with van der Waals surface area (Å²) in [6, 6.07) is 0.452. The fourth-order valence-electron chi connectivity index (χ4n) is 2.27. The van der Waals surface area contributed by atoms with Gasteiger partial charge in [-0.15, -0.1) is 0 Å². The lowest BCUT2D eigenvalue weighted by Crippen LogP contribution is -2.46. The van der Waals surface area contributed by atoms with Gasteiger partial charge in [0, 0.05) is 33.8 Å². The monoisotopic (exact) mass is 285 g/mol. The largest absolute Gasteiger partial charge is 0.383 e. The third kappa shape index (κ3) is 5.88. The molecule has 20 heavy (non-hydrogen) atoms. The molecule has 0 radical (unpaired) electrons. The van der Waals surface area contributed by atoms with Gasteiger partial charge in [0.05, 0.1) is 19.7 Å². The summed E-state index contributed by atoms with van der Waals surface area (Å²) in [6.07, 6.45) is 4.75. The molecule has 6 heteroatoms. The molecule has 1 rings (SSSR count). The highest BCUT2D eigenvalue weighted by atomic mass is 16.5. The molecule has 2 amide bonds. The molecule has 1 aliphatic rings. The number of methoxy groups -OCH3 is 1. The van der Waals surface area contributed by atoms with E-state index in [0.717, 1.165) is 12.8 Å². The molecule has 0 unspecified atom stereocenters. The van der Waals surface area contributed by atoms with Gasteiger partial charge in [0.15, 0.2) is 0 Å². The summed E-state index contributed by atoms with van der Waals surface area (Å²) in [5.41, 5.74) is 0. The third-order valence-electron chi connectivity index (χ3n) is 3.64. The van der Waals surface area contributed by atoms with E-state index in [0.29, 0.717) is 25.7 Å². The van der Waals surface area contributed by atoms with Gasteiger partial charge >= 0.3 is 0 Å². The van der Waals surface area contributed by atoms with Gasteiger partial charge in [-0.3, -0.25) is 9.59 Å². The van der Waals surface area contributed by atoms with Crippen LogP contribution in [0, 0.1) is 0 Å². The zero-order valence-electron chi connectivity index (χ0n) is 12.9. The molecule has 0 aliphatic heterocycles. The lowest BCUT2D eigenvalue weighted by molar-refractivity contribution is -0.139. The number of carbonyl (C=O) groups excluding carboxylic acids is 2. The summed E-state index contributed by atoms with van der Waals surface area (Å²) < 4.78 is 5.00. The highest BCUT2D eigenvalue weighted by Gasteiger charge is 2.20. The van der Waals surface area contributed by atoms with E-state index < -0.39 is 0 Å². The van der Waals surface area contributed by atoms with E-state index in [1.165, 1.54) is 17.7 Å². The van der Waals surface area contributed by atoms with Gasteiger partial charge in [-0.25, -0.2) is 0 Å².